The third-order valence-corrected chi connectivity index (χ3v) is 6.44. The molecule has 0 atom stereocenters. The quantitative estimate of drug-likeness (QED) is 0.289. The van der Waals surface area contributed by atoms with Crippen LogP contribution >= 0.6 is 11.3 Å². The number of hydrogen-bond donors (Lipinski definition) is 1. The number of hydrogen-bond acceptors (Lipinski definition) is 9. The number of phenolic OH excluding ortho intramolecular Hbond substituents is 1. The fourth-order valence-electron chi connectivity index (χ4n) is 3.44. The number of imide groups is 1. The Morgan fingerprint density at radius 1 is 0.971 bits per heavy atom. The second kappa shape index (κ2) is 9.07. The first-order valence-electron chi connectivity index (χ1n) is 10.7. The summed E-state index contributed by atoms with van der Waals surface area (Å²) in [5.41, 5.74) is 3.40. The van der Waals surface area contributed by atoms with Crippen LogP contribution in [0, 0.1) is 6.92 Å². The topological polar surface area (TPSA) is 122 Å². The van der Waals surface area contributed by atoms with Gasteiger partial charge in [0, 0.05) is 18.4 Å². The van der Waals surface area contributed by atoms with Crippen molar-refractivity contribution in [1.82, 2.24) is 10.0 Å². The smallest absolute Gasteiger partial charge is 0.363 e. The molecular formula is C25H18N4O5S. The van der Waals surface area contributed by atoms with E-state index in [1.165, 1.54) is 35.6 Å². The molecule has 9 nitrogen and oxygen atoms in total. The lowest BCUT2D eigenvalue weighted by molar-refractivity contribution is -0.172. The number of phenols is 1. The second-order valence-electron chi connectivity index (χ2n) is 7.87. The molecule has 0 aliphatic carbocycles. The minimum Gasteiger partial charge on any atom is -0.504 e. The summed E-state index contributed by atoms with van der Waals surface area (Å²) in [6.45, 7) is 2.02. The summed E-state index contributed by atoms with van der Waals surface area (Å²) in [6, 6.07) is 17.4. The number of aryl methyl sites for hydroxylation is 1. The zero-order chi connectivity index (χ0) is 24.5. The number of carbonyl (C=O) groups is 3. The number of aromatic hydroxyl groups is 1. The van der Waals surface area contributed by atoms with Crippen LogP contribution in [0.2, 0.25) is 0 Å². The average Bonchev–Trinajstić information content (AvgIpc) is 3.44. The van der Waals surface area contributed by atoms with Crippen molar-refractivity contribution < 1.29 is 24.3 Å². The minimum absolute atomic E-state index is 0.0260. The minimum atomic E-state index is -0.826. The Balaban J connectivity index is 1.32. The van der Waals surface area contributed by atoms with Gasteiger partial charge in [-0.3, -0.25) is 9.59 Å². The van der Waals surface area contributed by atoms with Crippen molar-refractivity contribution in [2.75, 3.05) is 0 Å². The van der Waals surface area contributed by atoms with Gasteiger partial charge in [0.15, 0.2) is 5.75 Å². The number of amides is 2. The lowest BCUT2D eigenvalue weighted by Crippen LogP contribution is -2.32. The highest BCUT2D eigenvalue weighted by Crippen LogP contribution is 2.40. The molecule has 1 N–H and O–H groups in total. The van der Waals surface area contributed by atoms with Gasteiger partial charge >= 0.3 is 5.97 Å². The number of azo groups is 1. The van der Waals surface area contributed by atoms with Gasteiger partial charge in [-0.2, -0.15) is 5.11 Å². The molecular weight excluding hydrogens is 468 g/mol. The number of nitrogens with zero attached hydrogens (tertiary/aromatic N) is 4. The third-order valence-electron chi connectivity index (χ3n) is 5.37. The van der Waals surface area contributed by atoms with Gasteiger partial charge in [0.25, 0.3) is 11.8 Å². The van der Waals surface area contributed by atoms with Crippen LogP contribution in [-0.2, 0) is 14.4 Å². The molecule has 0 saturated carbocycles. The van der Waals surface area contributed by atoms with Crippen LogP contribution < -0.4 is 0 Å². The highest BCUT2D eigenvalue weighted by atomic mass is 32.1. The first kappa shape index (κ1) is 22.4. The number of carbonyl (C=O) groups excluding carboxylic acids is 3. The summed E-state index contributed by atoms with van der Waals surface area (Å²) in [5, 5.41) is 20.2. The molecule has 1 saturated heterocycles. The van der Waals surface area contributed by atoms with Crippen LogP contribution in [0.5, 0.6) is 5.75 Å². The first-order chi connectivity index (χ1) is 16.9. The SMILES string of the molecule is Cc1ccc(-c2nc3c(O)c(N=Nc4ccc(C(=O)ON5C(=O)CCC5=O)cc4)ccc3s2)cc1. The summed E-state index contributed by atoms with van der Waals surface area (Å²) in [4.78, 5) is 44.9. The van der Waals surface area contributed by atoms with E-state index in [1.807, 2.05) is 37.3 Å². The van der Waals surface area contributed by atoms with Crippen molar-refractivity contribution >= 4 is 50.7 Å². The van der Waals surface area contributed by atoms with E-state index in [0.29, 0.717) is 16.3 Å². The molecule has 35 heavy (non-hydrogen) atoms. The summed E-state index contributed by atoms with van der Waals surface area (Å²) in [7, 11) is 0. The Morgan fingerprint density at radius 2 is 1.66 bits per heavy atom. The number of hydroxylamine groups is 2. The van der Waals surface area contributed by atoms with Crippen molar-refractivity contribution in [3.8, 4) is 16.3 Å². The normalized spacial score (nSPS) is 13.8. The number of benzene rings is 3. The molecule has 0 spiro atoms. The number of rotatable bonds is 5. The van der Waals surface area contributed by atoms with E-state index in [-0.39, 0.29) is 29.8 Å². The maximum Gasteiger partial charge on any atom is 0.363 e. The summed E-state index contributed by atoms with van der Waals surface area (Å²) >= 11 is 1.48. The summed E-state index contributed by atoms with van der Waals surface area (Å²) in [5.74, 6) is -1.98. The molecule has 4 aromatic rings. The molecule has 0 radical (unpaired) electrons. The van der Waals surface area contributed by atoms with Crippen LogP contribution in [0.4, 0.5) is 11.4 Å². The van der Waals surface area contributed by atoms with Gasteiger partial charge in [0.1, 0.15) is 16.2 Å². The predicted molar refractivity (Wildman–Crippen MR) is 129 cm³/mol. The molecule has 1 aliphatic heterocycles. The maximum atomic E-state index is 12.2. The molecule has 0 unspecified atom stereocenters. The molecule has 5 rings (SSSR count). The van der Waals surface area contributed by atoms with Crippen LogP contribution in [-0.4, -0.2) is 32.9 Å². The van der Waals surface area contributed by atoms with E-state index in [4.69, 9.17) is 4.84 Å². The van der Waals surface area contributed by atoms with E-state index in [2.05, 4.69) is 15.2 Å². The van der Waals surface area contributed by atoms with Crippen LogP contribution in [0.3, 0.4) is 0 Å². The van der Waals surface area contributed by atoms with E-state index >= 15 is 0 Å². The molecule has 0 bridgehead atoms. The largest absolute Gasteiger partial charge is 0.504 e. The Kier molecular flexibility index (Phi) is 5.79. The van der Waals surface area contributed by atoms with Crippen molar-refractivity contribution in [1.29, 1.82) is 0 Å². The molecule has 1 fully saturated rings. The highest BCUT2D eigenvalue weighted by molar-refractivity contribution is 7.21. The molecule has 174 valence electrons. The first-order valence-corrected chi connectivity index (χ1v) is 11.5. The Morgan fingerprint density at radius 3 is 2.34 bits per heavy atom. The third kappa shape index (κ3) is 4.51. The lowest BCUT2D eigenvalue weighted by atomic mass is 10.2. The second-order valence-corrected chi connectivity index (χ2v) is 8.90. The van der Waals surface area contributed by atoms with Gasteiger partial charge in [-0.15, -0.1) is 21.5 Å². The summed E-state index contributed by atoms with van der Waals surface area (Å²) in [6.07, 6.45) is 0.0521. The molecule has 10 heteroatoms. The van der Waals surface area contributed by atoms with Crippen LogP contribution in [0.15, 0.2) is 70.9 Å². The van der Waals surface area contributed by atoms with E-state index in [1.54, 1.807) is 6.07 Å². The van der Waals surface area contributed by atoms with Gasteiger partial charge in [-0.25, -0.2) is 9.78 Å². The molecule has 1 aliphatic rings. The number of fused-ring (bicyclic) bond motifs is 1. The van der Waals surface area contributed by atoms with Gasteiger partial charge in [-0.1, -0.05) is 29.8 Å². The molecule has 2 amide bonds. The Labute approximate surface area is 203 Å². The van der Waals surface area contributed by atoms with Gasteiger partial charge in [-0.05, 0) is 43.3 Å². The Hall–Kier alpha value is -4.44. The highest BCUT2D eigenvalue weighted by Gasteiger charge is 2.33. The maximum absolute atomic E-state index is 12.2. The molecule has 1 aromatic heterocycles. The van der Waals surface area contributed by atoms with Crippen molar-refractivity contribution in [2.45, 2.75) is 19.8 Å². The van der Waals surface area contributed by atoms with E-state index in [0.717, 1.165) is 20.8 Å². The lowest BCUT2D eigenvalue weighted by Gasteiger charge is -2.12. The van der Waals surface area contributed by atoms with Crippen LogP contribution in [0.25, 0.3) is 20.8 Å². The monoisotopic (exact) mass is 486 g/mol. The fraction of sp³-hybridized carbons (Fsp3) is 0.120. The Bertz CT molecular complexity index is 1480. The van der Waals surface area contributed by atoms with Crippen molar-refractivity contribution in [3.05, 3.63) is 71.8 Å². The van der Waals surface area contributed by atoms with E-state index < -0.39 is 17.8 Å². The predicted octanol–water partition coefficient (Wildman–Crippen LogP) is 5.61. The zero-order valence-electron chi connectivity index (χ0n) is 18.5. The number of aromatic nitrogens is 1. The van der Waals surface area contributed by atoms with Gasteiger partial charge < -0.3 is 9.94 Å². The standard InChI is InChI=1S/C25H18N4O5S/c1-14-2-4-15(5-3-14)24-26-22-19(35-24)11-10-18(23(22)32)28-27-17-8-6-16(7-9-17)25(33)34-29-20(30)12-13-21(29)31/h2-11,32H,12-13H2,1H3. The van der Waals surface area contributed by atoms with Gasteiger partial charge in [0.2, 0.25) is 0 Å². The van der Waals surface area contributed by atoms with Crippen molar-refractivity contribution in [2.24, 2.45) is 10.2 Å². The summed E-state index contributed by atoms with van der Waals surface area (Å²) < 4.78 is 0.829. The fourth-order valence-corrected chi connectivity index (χ4v) is 4.41. The zero-order valence-corrected chi connectivity index (χ0v) is 19.3. The van der Waals surface area contributed by atoms with Crippen molar-refractivity contribution in [3.63, 3.8) is 0 Å². The van der Waals surface area contributed by atoms with Crippen LogP contribution in [0.1, 0.15) is 28.8 Å². The molecule has 3 aromatic carbocycles. The van der Waals surface area contributed by atoms with E-state index in [9.17, 15) is 19.5 Å². The average molecular weight is 487 g/mol. The molecule has 2 heterocycles. The number of thiazole rings is 1. The van der Waals surface area contributed by atoms with Gasteiger partial charge in [0.05, 0.1) is 16.0 Å².